The highest BCUT2D eigenvalue weighted by molar-refractivity contribution is 7.93. The van der Waals surface area contributed by atoms with Crippen LogP contribution in [-0.2, 0) is 19.6 Å². The standard InChI is InChI=1S/C26H34N4O5S.2ClH/c1-3-34-25(31)18-36(32,33)30(16-4-5-20-17-21(26(27)28)7-6-19(20)2)22-8-10-23(11-9-22)35-24-12-14-29-15-13-24;;/h4-11,17,24,29H,3,12-16,18H2,1-2H3,(H3,27,28);2*1H/b5-4+;;. The number of carbonyl (C=O) groups is 1. The van der Waals surface area contributed by atoms with E-state index in [1.54, 1.807) is 55.5 Å². The van der Waals surface area contributed by atoms with Crippen LogP contribution < -0.4 is 20.1 Å². The second-order valence-electron chi connectivity index (χ2n) is 8.54. The van der Waals surface area contributed by atoms with Crippen LogP contribution in [0.3, 0.4) is 0 Å². The number of halogens is 2. The van der Waals surface area contributed by atoms with Gasteiger partial charge in [0.25, 0.3) is 0 Å². The molecule has 210 valence electrons. The van der Waals surface area contributed by atoms with Gasteiger partial charge < -0.3 is 20.5 Å². The molecule has 1 aliphatic rings. The van der Waals surface area contributed by atoms with Crippen molar-refractivity contribution in [2.75, 3.05) is 36.3 Å². The molecule has 1 fully saturated rings. The molecule has 2 aromatic carbocycles. The molecule has 4 N–H and O–H groups in total. The summed E-state index contributed by atoms with van der Waals surface area (Å²) in [5.41, 5.74) is 8.36. The largest absolute Gasteiger partial charge is 0.490 e. The van der Waals surface area contributed by atoms with E-state index in [0.717, 1.165) is 37.1 Å². The second-order valence-corrected chi connectivity index (χ2v) is 10.4. The summed E-state index contributed by atoms with van der Waals surface area (Å²) in [6.45, 7) is 5.46. The molecule has 0 aromatic heterocycles. The predicted molar refractivity (Wildman–Crippen MR) is 156 cm³/mol. The highest BCUT2D eigenvalue weighted by atomic mass is 35.5. The van der Waals surface area contributed by atoms with Gasteiger partial charge in [-0.1, -0.05) is 24.3 Å². The van der Waals surface area contributed by atoms with Crippen LogP contribution >= 0.6 is 24.8 Å². The minimum atomic E-state index is -4.02. The van der Waals surface area contributed by atoms with Crippen molar-refractivity contribution >= 4 is 58.4 Å². The molecule has 3 rings (SSSR count). The molecule has 1 heterocycles. The van der Waals surface area contributed by atoms with Crippen molar-refractivity contribution < 1.29 is 22.7 Å². The molecule has 0 atom stereocenters. The fraction of sp³-hybridized carbons (Fsp3) is 0.385. The molecule has 9 nitrogen and oxygen atoms in total. The maximum atomic E-state index is 13.2. The van der Waals surface area contributed by atoms with Gasteiger partial charge in [0.05, 0.1) is 18.8 Å². The zero-order valence-electron chi connectivity index (χ0n) is 21.5. The Morgan fingerprint density at radius 3 is 2.42 bits per heavy atom. The van der Waals surface area contributed by atoms with Crippen molar-refractivity contribution in [3.63, 3.8) is 0 Å². The van der Waals surface area contributed by atoms with E-state index in [2.05, 4.69) is 5.32 Å². The van der Waals surface area contributed by atoms with Crippen LogP contribution in [0.5, 0.6) is 5.75 Å². The van der Waals surface area contributed by atoms with Gasteiger partial charge in [0.1, 0.15) is 17.7 Å². The van der Waals surface area contributed by atoms with Gasteiger partial charge in [-0.15, -0.1) is 24.8 Å². The molecule has 0 aliphatic carbocycles. The van der Waals surface area contributed by atoms with Crippen molar-refractivity contribution in [2.24, 2.45) is 5.73 Å². The fourth-order valence-electron chi connectivity index (χ4n) is 3.87. The lowest BCUT2D eigenvalue weighted by atomic mass is 10.0. The summed E-state index contributed by atoms with van der Waals surface area (Å²) in [4.78, 5) is 12.0. The highest BCUT2D eigenvalue weighted by Crippen LogP contribution is 2.25. The Balaban J connectivity index is 0.00000361. The number of carbonyl (C=O) groups excluding carboxylic acids is 1. The minimum Gasteiger partial charge on any atom is -0.490 e. The Labute approximate surface area is 237 Å². The summed E-state index contributed by atoms with van der Waals surface area (Å²) in [5.74, 6) is -0.945. The van der Waals surface area contributed by atoms with Gasteiger partial charge in [0.2, 0.25) is 10.0 Å². The summed E-state index contributed by atoms with van der Waals surface area (Å²) in [6.07, 6.45) is 5.43. The number of anilines is 1. The number of hydrogen-bond donors (Lipinski definition) is 3. The average molecular weight is 588 g/mol. The van der Waals surface area contributed by atoms with Crippen LogP contribution in [0, 0.1) is 12.3 Å². The first-order valence-electron chi connectivity index (χ1n) is 11.9. The number of nitrogens with zero attached hydrogens (tertiary/aromatic N) is 1. The molecular formula is C26H36Cl2N4O5S. The van der Waals surface area contributed by atoms with E-state index < -0.39 is 21.7 Å². The monoisotopic (exact) mass is 586 g/mol. The lowest BCUT2D eigenvalue weighted by Crippen LogP contribution is -2.36. The van der Waals surface area contributed by atoms with E-state index in [1.165, 1.54) is 4.31 Å². The zero-order valence-corrected chi connectivity index (χ0v) is 24.0. The van der Waals surface area contributed by atoms with Gasteiger partial charge in [-0.3, -0.25) is 14.5 Å². The molecular weight excluding hydrogens is 551 g/mol. The van der Waals surface area contributed by atoms with Gasteiger partial charge in [-0.25, -0.2) is 8.42 Å². The Kier molecular flexibility index (Phi) is 13.6. The fourth-order valence-corrected chi connectivity index (χ4v) is 5.16. The summed E-state index contributed by atoms with van der Waals surface area (Å²) in [7, 11) is -4.02. The Morgan fingerprint density at radius 1 is 1.16 bits per heavy atom. The maximum absolute atomic E-state index is 13.2. The molecule has 0 saturated carbocycles. The van der Waals surface area contributed by atoms with Crippen molar-refractivity contribution in [3.05, 3.63) is 65.2 Å². The minimum absolute atomic E-state index is 0. The van der Waals surface area contributed by atoms with E-state index in [-0.39, 0.29) is 49.9 Å². The number of nitrogen functional groups attached to an aromatic ring is 1. The maximum Gasteiger partial charge on any atom is 0.323 e. The third-order valence-corrected chi connectivity index (χ3v) is 7.45. The number of hydrogen-bond acceptors (Lipinski definition) is 7. The van der Waals surface area contributed by atoms with Crippen molar-refractivity contribution in [1.82, 2.24) is 5.32 Å². The van der Waals surface area contributed by atoms with E-state index in [0.29, 0.717) is 17.0 Å². The quantitative estimate of drug-likeness (QED) is 0.208. The SMILES string of the molecule is CCOC(=O)CS(=O)(=O)N(C/C=C/c1cc(C(=N)N)ccc1C)c1ccc(OC2CCNCC2)cc1.Cl.Cl. The molecule has 12 heteroatoms. The van der Waals surface area contributed by atoms with Gasteiger partial charge >= 0.3 is 5.97 Å². The Hall–Kier alpha value is -2.79. The first kappa shape index (κ1) is 33.2. The Morgan fingerprint density at radius 2 is 1.82 bits per heavy atom. The number of piperidine rings is 1. The number of ether oxygens (including phenoxy) is 2. The third kappa shape index (κ3) is 9.50. The normalized spacial score (nSPS) is 13.7. The van der Waals surface area contributed by atoms with Crippen molar-refractivity contribution in [1.29, 1.82) is 5.41 Å². The van der Waals surface area contributed by atoms with E-state index in [1.807, 2.05) is 13.0 Å². The van der Waals surface area contributed by atoms with Crippen LogP contribution in [0.2, 0.25) is 0 Å². The smallest absolute Gasteiger partial charge is 0.323 e. The van der Waals surface area contributed by atoms with Crippen molar-refractivity contribution in [3.8, 4) is 5.75 Å². The molecule has 0 radical (unpaired) electrons. The van der Waals surface area contributed by atoms with Crippen LogP contribution in [0.15, 0.2) is 48.5 Å². The molecule has 1 saturated heterocycles. The number of nitrogens with two attached hydrogens (primary N) is 1. The van der Waals surface area contributed by atoms with Gasteiger partial charge in [-0.05, 0) is 81.2 Å². The first-order chi connectivity index (χ1) is 17.2. The first-order valence-corrected chi connectivity index (χ1v) is 13.6. The predicted octanol–water partition coefficient (Wildman–Crippen LogP) is 3.67. The summed E-state index contributed by atoms with van der Waals surface area (Å²) >= 11 is 0. The van der Waals surface area contributed by atoms with E-state index in [9.17, 15) is 13.2 Å². The summed E-state index contributed by atoms with van der Waals surface area (Å²) in [5, 5.41) is 10.9. The summed E-state index contributed by atoms with van der Waals surface area (Å²) < 4.78 is 38.4. The molecule has 1 aliphatic heterocycles. The van der Waals surface area contributed by atoms with Gasteiger partial charge in [0, 0.05) is 5.56 Å². The lowest BCUT2D eigenvalue weighted by Gasteiger charge is -2.25. The molecule has 0 amide bonds. The number of benzene rings is 2. The second kappa shape index (κ2) is 15.6. The number of nitrogens with one attached hydrogen (secondary N) is 2. The van der Waals surface area contributed by atoms with Crippen LogP contribution in [0.1, 0.15) is 36.5 Å². The average Bonchev–Trinajstić information content (AvgIpc) is 2.84. The molecule has 0 unspecified atom stereocenters. The topological polar surface area (TPSA) is 135 Å². The molecule has 2 aromatic rings. The summed E-state index contributed by atoms with van der Waals surface area (Å²) in [6, 6.07) is 12.2. The van der Waals surface area contributed by atoms with Crippen molar-refractivity contribution in [2.45, 2.75) is 32.8 Å². The van der Waals surface area contributed by atoms with Gasteiger partial charge in [-0.2, -0.15) is 0 Å². The van der Waals surface area contributed by atoms with Crippen LogP contribution in [0.25, 0.3) is 6.08 Å². The number of aryl methyl sites for hydroxylation is 1. The number of rotatable bonds is 11. The number of esters is 1. The molecule has 0 spiro atoms. The lowest BCUT2D eigenvalue weighted by molar-refractivity contribution is -0.139. The molecule has 0 bridgehead atoms. The molecule has 38 heavy (non-hydrogen) atoms. The highest BCUT2D eigenvalue weighted by Gasteiger charge is 2.26. The van der Waals surface area contributed by atoms with E-state index >= 15 is 0 Å². The number of amidine groups is 1. The van der Waals surface area contributed by atoms with E-state index in [4.69, 9.17) is 20.6 Å². The van der Waals surface area contributed by atoms with Gasteiger partial charge in [0.15, 0.2) is 5.75 Å². The zero-order chi connectivity index (χ0) is 26.1. The third-order valence-electron chi connectivity index (χ3n) is 5.81. The van der Waals surface area contributed by atoms with Crippen LogP contribution in [-0.4, -0.2) is 58.3 Å². The number of sulfonamides is 1. The van der Waals surface area contributed by atoms with Crippen LogP contribution in [0.4, 0.5) is 5.69 Å². The Bertz CT molecular complexity index is 1200.